The Balaban J connectivity index is 2.36. The van der Waals surface area contributed by atoms with Gasteiger partial charge >= 0.3 is 0 Å². The fourth-order valence-electron chi connectivity index (χ4n) is 1.87. The van der Waals surface area contributed by atoms with Crippen molar-refractivity contribution in [2.75, 3.05) is 5.75 Å². The molecule has 1 heterocycles. The van der Waals surface area contributed by atoms with Crippen LogP contribution in [0.15, 0.2) is 41.3 Å². The Morgan fingerprint density at radius 1 is 1.00 bits per heavy atom. The maximum atomic E-state index is 2.34. The van der Waals surface area contributed by atoms with Crippen LogP contribution in [0.25, 0.3) is 10.8 Å². The van der Waals surface area contributed by atoms with E-state index in [9.17, 15) is 0 Å². The lowest BCUT2D eigenvalue weighted by atomic mass is 10.1. The molecule has 0 aliphatic carbocycles. The summed E-state index contributed by atoms with van der Waals surface area (Å²) in [6.07, 6.45) is 1.24. The van der Waals surface area contributed by atoms with Gasteiger partial charge in [-0.1, -0.05) is 30.3 Å². The van der Waals surface area contributed by atoms with E-state index in [-0.39, 0.29) is 0 Å². The zero-order valence-corrected chi connectivity index (χ0v) is 8.10. The Labute approximate surface area is 82.0 Å². The molecular weight excluding hydrogens is 176 g/mol. The molecule has 0 radical (unpaired) electrons. The highest BCUT2D eigenvalue weighted by atomic mass is 32.2. The minimum absolute atomic E-state index is 1.24. The lowest BCUT2D eigenvalue weighted by Gasteiger charge is -2.01. The zero-order chi connectivity index (χ0) is 8.67. The van der Waals surface area contributed by atoms with Crippen LogP contribution in [0, 0.1) is 0 Å². The second-order valence-electron chi connectivity index (χ2n) is 3.41. The lowest BCUT2D eigenvalue weighted by Crippen LogP contribution is -1.80. The van der Waals surface area contributed by atoms with Crippen LogP contribution in [-0.4, -0.2) is 5.75 Å². The van der Waals surface area contributed by atoms with Gasteiger partial charge in [0.25, 0.3) is 0 Å². The van der Waals surface area contributed by atoms with Crippen LogP contribution in [0.3, 0.4) is 0 Å². The van der Waals surface area contributed by atoms with Crippen LogP contribution in [0.2, 0.25) is 0 Å². The van der Waals surface area contributed by atoms with Gasteiger partial charge < -0.3 is 0 Å². The van der Waals surface area contributed by atoms with Gasteiger partial charge in [-0.05, 0) is 28.8 Å². The molecule has 0 fully saturated rings. The summed E-state index contributed by atoms with van der Waals surface area (Å²) in [5.41, 5.74) is 1.53. The molecule has 64 valence electrons. The van der Waals surface area contributed by atoms with E-state index in [1.54, 1.807) is 0 Å². The Kier molecular flexibility index (Phi) is 1.59. The summed E-state index contributed by atoms with van der Waals surface area (Å²) < 4.78 is 0. The monoisotopic (exact) mass is 186 g/mol. The molecular formula is C12H10S. The highest BCUT2D eigenvalue weighted by molar-refractivity contribution is 7.99. The maximum Gasteiger partial charge on any atom is 0.0111 e. The molecule has 3 rings (SSSR count). The molecule has 1 aliphatic rings. The molecule has 0 spiro atoms. The fourth-order valence-corrected chi connectivity index (χ4v) is 2.97. The maximum absolute atomic E-state index is 2.34. The highest BCUT2D eigenvalue weighted by Crippen LogP contribution is 2.34. The van der Waals surface area contributed by atoms with Gasteiger partial charge in [-0.2, -0.15) is 0 Å². The first-order chi connectivity index (χ1) is 6.43. The standard InChI is InChI=1S/C12H10S/c1-2-4-10-8-12-11(5-6-13-12)7-9(10)3-1/h1-4,7-8H,5-6H2. The van der Waals surface area contributed by atoms with Gasteiger partial charge in [0.15, 0.2) is 0 Å². The van der Waals surface area contributed by atoms with Gasteiger partial charge in [-0.25, -0.2) is 0 Å². The average Bonchev–Trinajstić information content (AvgIpc) is 2.61. The first-order valence-electron chi connectivity index (χ1n) is 4.58. The molecule has 0 nitrogen and oxygen atoms in total. The molecule has 0 saturated carbocycles. The van der Waals surface area contributed by atoms with Crippen molar-refractivity contribution in [3.63, 3.8) is 0 Å². The molecule has 0 atom stereocenters. The van der Waals surface area contributed by atoms with Crippen LogP contribution in [0.1, 0.15) is 5.56 Å². The smallest absolute Gasteiger partial charge is 0.0111 e. The Bertz CT molecular complexity index is 417. The molecule has 0 unspecified atom stereocenters. The summed E-state index contributed by atoms with van der Waals surface area (Å²) in [6.45, 7) is 0. The van der Waals surface area contributed by atoms with E-state index in [4.69, 9.17) is 0 Å². The van der Waals surface area contributed by atoms with E-state index in [0.717, 1.165) is 0 Å². The Hall–Kier alpha value is -0.950. The van der Waals surface area contributed by atoms with Crippen LogP contribution in [0.4, 0.5) is 0 Å². The van der Waals surface area contributed by atoms with Crippen LogP contribution >= 0.6 is 11.8 Å². The van der Waals surface area contributed by atoms with Crippen molar-refractivity contribution in [1.82, 2.24) is 0 Å². The molecule has 1 aliphatic heterocycles. The van der Waals surface area contributed by atoms with Crippen molar-refractivity contribution < 1.29 is 0 Å². The number of hydrogen-bond acceptors (Lipinski definition) is 1. The van der Waals surface area contributed by atoms with Crippen molar-refractivity contribution in [2.24, 2.45) is 0 Å². The second kappa shape index (κ2) is 2.78. The number of aryl methyl sites for hydroxylation is 1. The summed E-state index contributed by atoms with van der Waals surface area (Å²) in [4.78, 5) is 1.48. The third-order valence-electron chi connectivity index (χ3n) is 2.56. The predicted molar refractivity (Wildman–Crippen MR) is 58.4 cm³/mol. The van der Waals surface area contributed by atoms with Gasteiger partial charge in [0.2, 0.25) is 0 Å². The second-order valence-corrected chi connectivity index (χ2v) is 4.54. The molecule has 0 amide bonds. The first kappa shape index (κ1) is 7.45. The molecule has 0 saturated heterocycles. The van der Waals surface area contributed by atoms with Gasteiger partial charge in [0, 0.05) is 10.6 Å². The minimum Gasteiger partial charge on any atom is -0.126 e. The minimum atomic E-state index is 1.24. The molecule has 1 heteroatoms. The molecule has 2 aromatic rings. The van der Waals surface area contributed by atoms with E-state index in [1.165, 1.54) is 33.4 Å². The van der Waals surface area contributed by atoms with Crippen molar-refractivity contribution in [1.29, 1.82) is 0 Å². The van der Waals surface area contributed by atoms with Crippen molar-refractivity contribution >= 4 is 22.5 Å². The fraction of sp³-hybridized carbons (Fsp3) is 0.167. The van der Waals surface area contributed by atoms with Crippen molar-refractivity contribution in [3.05, 3.63) is 42.0 Å². The Morgan fingerprint density at radius 3 is 2.62 bits per heavy atom. The third-order valence-corrected chi connectivity index (χ3v) is 3.66. The number of hydrogen-bond donors (Lipinski definition) is 0. The number of thioether (sulfide) groups is 1. The van der Waals surface area contributed by atoms with Crippen LogP contribution in [0.5, 0.6) is 0 Å². The molecule has 0 aromatic heterocycles. The zero-order valence-electron chi connectivity index (χ0n) is 7.29. The van der Waals surface area contributed by atoms with Gasteiger partial charge in [0.05, 0.1) is 0 Å². The van der Waals surface area contributed by atoms with Crippen LogP contribution in [-0.2, 0) is 6.42 Å². The van der Waals surface area contributed by atoms with Crippen molar-refractivity contribution in [3.8, 4) is 0 Å². The van der Waals surface area contributed by atoms with E-state index in [2.05, 4.69) is 36.4 Å². The average molecular weight is 186 g/mol. The van der Waals surface area contributed by atoms with E-state index in [1.807, 2.05) is 11.8 Å². The largest absolute Gasteiger partial charge is 0.126 e. The van der Waals surface area contributed by atoms with E-state index >= 15 is 0 Å². The number of benzene rings is 2. The van der Waals surface area contributed by atoms with Gasteiger partial charge in [0.1, 0.15) is 0 Å². The van der Waals surface area contributed by atoms with Crippen LogP contribution < -0.4 is 0 Å². The van der Waals surface area contributed by atoms with Gasteiger partial charge in [-0.15, -0.1) is 11.8 Å². The summed E-state index contributed by atoms with van der Waals surface area (Å²) in [5.74, 6) is 1.26. The molecule has 13 heavy (non-hydrogen) atoms. The van der Waals surface area contributed by atoms with Gasteiger partial charge in [-0.3, -0.25) is 0 Å². The summed E-state index contributed by atoms with van der Waals surface area (Å²) in [7, 11) is 0. The summed E-state index contributed by atoms with van der Waals surface area (Å²) in [6, 6.07) is 13.3. The Morgan fingerprint density at radius 2 is 1.77 bits per heavy atom. The normalized spacial score (nSPS) is 14.8. The first-order valence-corrected chi connectivity index (χ1v) is 5.56. The summed E-state index contributed by atoms with van der Waals surface area (Å²) >= 11 is 1.98. The number of rotatable bonds is 0. The molecule has 0 bridgehead atoms. The van der Waals surface area contributed by atoms with E-state index in [0.29, 0.717) is 0 Å². The third kappa shape index (κ3) is 1.15. The lowest BCUT2D eigenvalue weighted by molar-refractivity contribution is 1.16. The van der Waals surface area contributed by atoms with Crippen molar-refractivity contribution in [2.45, 2.75) is 11.3 Å². The number of fused-ring (bicyclic) bond motifs is 2. The predicted octanol–water partition coefficient (Wildman–Crippen LogP) is 3.49. The quantitative estimate of drug-likeness (QED) is 0.607. The molecule has 0 N–H and O–H groups in total. The van der Waals surface area contributed by atoms with E-state index < -0.39 is 0 Å². The summed E-state index contributed by atoms with van der Waals surface area (Å²) in [5, 5.41) is 2.75. The SMILES string of the molecule is c1ccc2cc3c(cc2c1)CCS3. The highest BCUT2D eigenvalue weighted by Gasteiger charge is 2.11. The topological polar surface area (TPSA) is 0 Å². The molecule has 2 aromatic carbocycles.